The number of likely N-dealkylation sites (N-methyl/N-ethyl adjacent to an activating group) is 1. The molecule has 0 amide bonds. The van der Waals surface area contributed by atoms with Crippen molar-refractivity contribution in [3.63, 3.8) is 0 Å². The third-order valence-electron chi connectivity index (χ3n) is 3.36. The van der Waals surface area contributed by atoms with E-state index in [1.807, 2.05) is 6.92 Å². The van der Waals surface area contributed by atoms with E-state index in [0.29, 0.717) is 13.0 Å². The van der Waals surface area contributed by atoms with Gasteiger partial charge in [-0.05, 0) is 44.8 Å². The Bertz CT molecular complexity index is 213. The first kappa shape index (κ1) is 13.5. The molecule has 0 saturated carbocycles. The van der Waals surface area contributed by atoms with Crippen LogP contribution in [0.5, 0.6) is 0 Å². The molecular weight excluding hydrogens is 204 g/mol. The summed E-state index contributed by atoms with van der Waals surface area (Å²) >= 11 is 0. The number of piperidine rings is 1. The highest BCUT2D eigenvalue weighted by Gasteiger charge is 2.19. The van der Waals surface area contributed by atoms with Gasteiger partial charge in [0.05, 0.1) is 0 Å². The van der Waals surface area contributed by atoms with E-state index in [0.717, 1.165) is 25.6 Å². The van der Waals surface area contributed by atoms with Crippen LogP contribution >= 0.6 is 0 Å². The van der Waals surface area contributed by atoms with Crippen molar-refractivity contribution in [3.05, 3.63) is 0 Å². The number of nitrogens with one attached hydrogen (secondary N) is 1. The van der Waals surface area contributed by atoms with Crippen molar-refractivity contribution in [1.82, 2.24) is 10.2 Å². The molecule has 1 aliphatic heterocycles. The Labute approximate surface area is 98.0 Å². The van der Waals surface area contributed by atoms with Gasteiger partial charge in [-0.3, -0.25) is 4.79 Å². The van der Waals surface area contributed by atoms with Gasteiger partial charge in [0.2, 0.25) is 0 Å². The van der Waals surface area contributed by atoms with E-state index in [-0.39, 0.29) is 6.04 Å². The van der Waals surface area contributed by atoms with Gasteiger partial charge in [-0.1, -0.05) is 13.8 Å². The average Bonchev–Trinajstić information content (AvgIpc) is 2.26. The number of likely N-dealkylation sites (tertiary alicyclic amines) is 1. The van der Waals surface area contributed by atoms with Crippen LogP contribution in [0.2, 0.25) is 0 Å². The second-order valence-corrected chi connectivity index (χ2v) is 4.76. The van der Waals surface area contributed by atoms with Crippen molar-refractivity contribution < 1.29 is 9.90 Å². The molecule has 2 N–H and O–H groups in total. The van der Waals surface area contributed by atoms with Crippen molar-refractivity contribution in [2.45, 2.75) is 39.2 Å². The molecule has 1 aliphatic rings. The number of nitrogens with zero attached hydrogens (tertiary/aromatic N) is 1. The maximum Gasteiger partial charge on any atom is 0.320 e. The summed E-state index contributed by atoms with van der Waals surface area (Å²) < 4.78 is 0. The highest BCUT2D eigenvalue weighted by atomic mass is 16.4. The number of hydrogen-bond donors (Lipinski definition) is 2. The lowest BCUT2D eigenvalue weighted by Gasteiger charge is -2.30. The first-order valence-corrected chi connectivity index (χ1v) is 6.32. The summed E-state index contributed by atoms with van der Waals surface area (Å²) in [6.07, 6.45) is 3.20. The summed E-state index contributed by atoms with van der Waals surface area (Å²) in [4.78, 5) is 13.3. The second kappa shape index (κ2) is 6.86. The molecule has 4 heteroatoms. The van der Waals surface area contributed by atoms with Gasteiger partial charge in [-0.25, -0.2) is 0 Å². The predicted octanol–water partition coefficient (Wildman–Crippen LogP) is 1.17. The molecule has 1 atom stereocenters. The maximum atomic E-state index is 10.9. The fraction of sp³-hybridized carbons (Fsp3) is 0.917. The average molecular weight is 228 g/mol. The van der Waals surface area contributed by atoms with Gasteiger partial charge in [-0.15, -0.1) is 0 Å². The van der Waals surface area contributed by atoms with Crippen LogP contribution < -0.4 is 5.32 Å². The highest BCUT2D eigenvalue weighted by Crippen LogP contribution is 2.16. The third-order valence-corrected chi connectivity index (χ3v) is 3.36. The predicted molar refractivity (Wildman–Crippen MR) is 64.6 cm³/mol. The van der Waals surface area contributed by atoms with Gasteiger partial charge >= 0.3 is 5.97 Å². The number of carboxylic acid groups (broad SMARTS) is 1. The normalized spacial score (nSPS) is 20.9. The van der Waals surface area contributed by atoms with Gasteiger partial charge < -0.3 is 15.3 Å². The SMILES string of the molecule is CCNC(CCN1CCC(C)CC1)C(=O)O. The van der Waals surface area contributed by atoms with Crippen LogP contribution in [0, 0.1) is 5.92 Å². The minimum atomic E-state index is -0.729. The quantitative estimate of drug-likeness (QED) is 0.716. The molecule has 1 heterocycles. The fourth-order valence-electron chi connectivity index (χ4n) is 2.16. The molecule has 0 aromatic rings. The monoisotopic (exact) mass is 228 g/mol. The molecule has 0 radical (unpaired) electrons. The molecular formula is C12H24N2O2. The van der Waals surface area contributed by atoms with Crippen molar-refractivity contribution in [3.8, 4) is 0 Å². The Hall–Kier alpha value is -0.610. The molecule has 16 heavy (non-hydrogen) atoms. The summed E-state index contributed by atoms with van der Waals surface area (Å²) in [6.45, 7) is 8.10. The van der Waals surface area contributed by atoms with E-state index in [1.165, 1.54) is 12.8 Å². The van der Waals surface area contributed by atoms with E-state index in [2.05, 4.69) is 17.1 Å². The lowest BCUT2D eigenvalue weighted by molar-refractivity contribution is -0.139. The molecule has 0 aromatic heterocycles. The molecule has 0 spiro atoms. The van der Waals surface area contributed by atoms with Crippen LogP contribution in [0.25, 0.3) is 0 Å². The van der Waals surface area contributed by atoms with Gasteiger partial charge in [0, 0.05) is 6.54 Å². The van der Waals surface area contributed by atoms with Gasteiger partial charge in [0.15, 0.2) is 0 Å². The smallest absolute Gasteiger partial charge is 0.320 e. The fourth-order valence-corrected chi connectivity index (χ4v) is 2.16. The number of aliphatic carboxylic acids is 1. The molecule has 1 rings (SSSR count). The van der Waals surface area contributed by atoms with E-state index in [9.17, 15) is 4.79 Å². The molecule has 0 aromatic carbocycles. The van der Waals surface area contributed by atoms with Gasteiger partial charge in [0.25, 0.3) is 0 Å². The Morgan fingerprint density at radius 2 is 2.12 bits per heavy atom. The lowest BCUT2D eigenvalue weighted by atomic mass is 9.99. The lowest BCUT2D eigenvalue weighted by Crippen LogP contribution is -2.41. The molecule has 94 valence electrons. The van der Waals surface area contributed by atoms with Crippen LogP contribution in [0.3, 0.4) is 0 Å². The van der Waals surface area contributed by atoms with Crippen LogP contribution in [-0.2, 0) is 4.79 Å². The summed E-state index contributed by atoms with van der Waals surface area (Å²) in [6, 6.07) is -0.385. The van der Waals surface area contributed by atoms with E-state index < -0.39 is 5.97 Å². The zero-order valence-electron chi connectivity index (χ0n) is 10.4. The Morgan fingerprint density at radius 3 is 2.62 bits per heavy atom. The topological polar surface area (TPSA) is 52.6 Å². The summed E-state index contributed by atoms with van der Waals surface area (Å²) in [5.74, 6) is 0.104. The highest BCUT2D eigenvalue weighted by molar-refractivity contribution is 5.73. The number of carboxylic acids is 1. The van der Waals surface area contributed by atoms with Crippen molar-refractivity contribution in [1.29, 1.82) is 0 Å². The zero-order chi connectivity index (χ0) is 12.0. The standard InChI is InChI=1S/C12H24N2O2/c1-3-13-11(12(15)16)6-9-14-7-4-10(2)5-8-14/h10-11,13H,3-9H2,1-2H3,(H,15,16). The van der Waals surface area contributed by atoms with Crippen molar-refractivity contribution >= 4 is 5.97 Å². The van der Waals surface area contributed by atoms with Crippen molar-refractivity contribution in [2.24, 2.45) is 5.92 Å². The van der Waals surface area contributed by atoms with E-state index in [1.54, 1.807) is 0 Å². The Morgan fingerprint density at radius 1 is 1.50 bits per heavy atom. The summed E-state index contributed by atoms with van der Waals surface area (Å²) in [7, 11) is 0. The molecule has 4 nitrogen and oxygen atoms in total. The zero-order valence-corrected chi connectivity index (χ0v) is 10.4. The molecule has 0 bridgehead atoms. The van der Waals surface area contributed by atoms with Gasteiger partial charge in [0.1, 0.15) is 6.04 Å². The van der Waals surface area contributed by atoms with Crippen LogP contribution in [0.15, 0.2) is 0 Å². The van der Waals surface area contributed by atoms with Crippen LogP contribution in [-0.4, -0.2) is 48.2 Å². The number of carbonyl (C=O) groups is 1. The summed E-state index contributed by atoms with van der Waals surface area (Å²) in [5.41, 5.74) is 0. The maximum absolute atomic E-state index is 10.9. The molecule has 1 saturated heterocycles. The minimum absolute atomic E-state index is 0.385. The first-order chi connectivity index (χ1) is 7.63. The minimum Gasteiger partial charge on any atom is -0.480 e. The largest absolute Gasteiger partial charge is 0.480 e. The first-order valence-electron chi connectivity index (χ1n) is 6.32. The van der Waals surface area contributed by atoms with Crippen LogP contribution in [0.1, 0.15) is 33.1 Å². The van der Waals surface area contributed by atoms with E-state index >= 15 is 0 Å². The molecule has 1 unspecified atom stereocenters. The number of rotatable bonds is 6. The molecule has 1 fully saturated rings. The third kappa shape index (κ3) is 4.49. The molecule has 0 aliphatic carbocycles. The second-order valence-electron chi connectivity index (χ2n) is 4.76. The van der Waals surface area contributed by atoms with Gasteiger partial charge in [-0.2, -0.15) is 0 Å². The Balaban J connectivity index is 2.23. The Kier molecular flexibility index (Phi) is 5.77. The number of hydrogen-bond acceptors (Lipinski definition) is 3. The van der Waals surface area contributed by atoms with Crippen LogP contribution in [0.4, 0.5) is 0 Å². The summed E-state index contributed by atoms with van der Waals surface area (Å²) in [5, 5.41) is 12.0. The van der Waals surface area contributed by atoms with Crippen molar-refractivity contribution in [2.75, 3.05) is 26.2 Å². The van der Waals surface area contributed by atoms with E-state index in [4.69, 9.17) is 5.11 Å².